The first-order valence-corrected chi connectivity index (χ1v) is 2.55. The van der Waals surface area contributed by atoms with Crippen molar-refractivity contribution in [2.24, 2.45) is 5.73 Å². The molecule has 6 nitrogen and oxygen atoms in total. The van der Waals surface area contributed by atoms with Crippen LogP contribution in [0.25, 0.3) is 0 Å². The highest BCUT2D eigenvalue weighted by Crippen LogP contribution is 1.89. The van der Waals surface area contributed by atoms with E-state index in [1.807, 2.05) is 0 Å². The number of hydroxylamine groups is 2. The summed E-state index contributed by atoms with van der Waals surface area (Å²) >= 11 is 0. The second-order valence-corrected chi connectivity index (χ2v) is 1.33. The molecule has 3 N–H and O–H groups in total. The number of imide groups is 1. The molecule has 0 aromatic rings. The van der Waals surface area contributed by atoms with E-state index in [4.69, 9.17) is 5.11 Å². The van der Waals surface area contributed by atoms with E-state index in [-0.39, 0.29) is 11.7 Å². The maximum absolute atomic E-state index is 10.2. The molecule has 6 heteroatoms. The first kappa shape index (κ1) is 8.70. The topological polar surface area (TPSA) is 92.9 Å². The molecule has 3 amide bonds. The van der Waals surface area contributed by atoms with Crippen LogP contribution in [0, 0.1) is 0 Å². The average Bonchev–Trinajstić information content (AvgIpc) is 1.81. The van der Waals surface area contributed by atoms with Gasteiger partial charge < -0.3 is 10.8 Å². The monoisotopic (exact) mass is 148 g/mol. The highest BCUT2D eigenvalue weighted by atomic mass is 16.7. The first-order chi connectivity index (χ1) is 4.59. The van der Waals surface area contributed by atoms with Crippen molar-refractivity contribution >= 4 is 12.1 Å². The summed E-state index contributed by atoms with van der Waals surface area (Å²) < 4.78 is 0. The lowest BCUT2D eigenvalue weighted by molar-refractivity contribution is -0.0856. The van der Waals surface area contributed by atoms with Gasteiger partial charge >= 0.3 is 12.1 Å². The van der Waals surface area contributed by atoms with Crippen molar-refractivity contribution in [1.82, 2.24) is 5.06 Å². The van der Waals surface area contributed by atoms with Gasteiger partial charge in [0.2, 0.25) is 0 Å². The van der Waals surface area contributed by atoms with Gasteiger partial charge in [0.25, 0.3) is 0 Å². The van der Waals surface area contributed by atoms with Crippen LogP contribution < -0.4 is 5.73 Å². The number of carbonyl (C=O) groups is 2. The van der Waals surface area contributed by atoms with Crippen molar-refractivity contribution in [3.63, 3.8) is 0 Å². The number of nitrogens with two attached hydrogens (primary N) is 1. The number of amides is 3. The highest BCUT2D eigenvalue weighted by Gasteiger charge is 2.17. The molecule has 0 aromatic heterocycles. The van der Waals surface area contributed by atoms with Crippen LogP contribution in [0.4, 0.5) is 9.59 Å². The molecule has 0 saturated heterocycles. The number of nitrogens with zero attached hydrogens (tertiary/aromatic N) is 1. The lowest BCUT2D eigenvalue weighted by atomic mass is 10.9. The Morgan fingerprint density at radius 3 is 2.30 bits per heavy atom. The molecular formula is C4H8N2O4. The number of rotatable bonds is 2. The molecule has 0 fully saturated rings. The Morgan fingerprint density at radius 1 is 1.70 bits per heavy atom. The fraction of sp³-hybridized carbons (Fsp3) is 0.500. The summed E-state index contributed by atoms with van der Waals surface area (Å²) in [4.78, 5) is 24.5. The van der Waals surface area contributed by atoms with E-state index in [1.54, 1.807) is 6.92 Å². The quantitative estimate of drug-likeness (QED) is 0.539. The van der Waals surface area contributed by atoms with Crippen LogP contribution in [0.3, 0.4) is 0 Å². The van der Waals surface area contributed by atoms with Crippen LogP contribution >= 0.6 is 0 Å². The van der Waals surface area contributed by atoms with Gasteiger partial charge in [0.05, 0.1) is 6.61 Å². The minimum absolute atomic E-state index is 0.0694. The van der Waals surface area contributed by atoms with Crippen LogP contribution in [0.5, 0.6) is 0 Å². The van der Waals surface area contributed by atoms with Gasteiger partial charge in [-0.15, -0.1) is 0 Å². The number of hydrogen-bond acceptors (Lipinski definition) is 3. The Kier molecular flexibility index (Phi) is 3.20. The molecule has 0 rings (SSSR count). The maximum atomic E-state index is 10.2. The van der Waals surface area contributed by atoms with Gasteiger partial charge in [-0.2, -0.15) is 0 Å². The molecule has 0 atom stereocenters. The molecule has 0 radical (unpaired) electrons. The SMILES string of the molecule is CCON(C(N)=O)C(=O)O. The zero-order chi connectivity index (χ0) is 8.15. The predicted octanol–water partition coefficient (Wildman–Crippen LogP) is -0.00340. The molecule has 0 aliphatic rings. The lowest BCUT2D eigenvalue weighted by Gasteiger charge is -2.11. The van der Waals surface area contributed by atoms with Crippen LogP contribution in [-0.4, -0.2) is 28.9 Å². The number of hydrogen-bond donors (Lipinski definition) is 2. The summed E-state index contributed by atoms with van der Waals surface area (Å²) in [5.74, 6) is 0. The third-order valence-corrected chi connectivity index (χ3v) is 0.632. The van der Waals surface area contributed by atoms with Gasteiger partial charge in [0.15, 0.2) is 0 Å². The van der Waals surface area contributed by atoms with E-state index < -0.39 is 12.1 Å². The van der Waals surface area contributed by atoms with Crippen molar-refractivity contribution in [2.75, 3.05) is 6.61 Å². The van der Waals surface area contributed by atoms with Gasteiger partial charge in [-0.1, -0.05) is 5.06 Å². The standard InChI is InChI=1S/C4H8N2O4/c1-2-10-6(3(5)7)4(8)9/h2H2,1H3,(H2,5,7)(H,8,9). The zero-order valence-electron chi connectivity index (χ0n) is 5.40. The fourth-order valence-electron chi connectivity index (χ4n) is 0.342. The average molecular weight is 148 g/mol. The van der Waals surface area contributed by atoms with Crippen LogP contribution in [0.2, 0.25) is 0 Å². The molecule has 0 saturated carbocycles. The third-order valence-electron chi connectivity index (χ3n) is 0.632. The second kappa shape index (κ2) is 3.67. The van der Waals surface area contributed by atoms with E-state index in [1.165, 1.54) is 0 Å². The van der Waals surface area contributed by atoms with Crippen molar-refractivity contribution in [1.29, 1.82) is 0 Å². The fourth-order valence-corrected chi connectivity index (χ4v) is 0.342. The van der Waals surface area contributed by atoms with E-state index in [9.17, 15) is 9.59 Å². The summed E-state index contributed by atoms with van der Waals surface area (Å²) in [6, 6.07) is -1.14. The van der Waals surface area contributed by atoms with Crippen molar-refractivity contribution in [2.45, 2.75) is 6.92 Å². The van der Waals surface area contributed by atoms with E-state index >= 15 is 0 Å². The Balaban J connectivity index is 3.98. The Morgan fingerprint density at radius 2 is 2.20 bits per heavy atom. The van der Waals surface area contributed by atoms with E-state index in [0.717, 1.165) is 0 Å². The Bertz CT molecular complexity index is 132. The maximum Gasteiger partial charge on any atom is 0.440 e. The van der Waals surface area contributed by atoms with Crippen LogP contribution in [0.1, 0.15) is 6.92 Å². The molecule has 0 spiro atoms. The molecule has 0 unspecified atom stereocenters. The Hall–Kier alpha value is -1.30. The highest BCUT2D eigenvalue weighted by molar-refractivity contribution is 5.87. The van der Waals surface area contributed by atoms with Gasteiger partial charge in [0, 0.05) is 0 Å². The minimum Gasteiger partial charge on any atom is -0.463 e. The number of carbonyl (C=O) groups excluding carboxylic acids is 1. The second-order valence-electron chi connectivity index (χ2n) is 1.33. The Labute approximate surface area is 57.1 Å². The van der Waals surface area contributed by atoms with Crippen LogP contribution in [0.15, 0.2) is 0 Å². The molecule has 0 aliphatic carbocycles. The first-order valence-electron chi connectivity index (χ1n) is 2.55. The van der Waals surface area contributed by atoms with Gasteiger partial charge in [-0.3, -0.25) is 4.84 Å². The molecule has 10 heavy (non-hydrogen) atoms. The van der Waals surface area contributed by atoms with E-state index in [0.29, 0.717) is 0 Å². The van der Waals surface area contributed by atoms with Gasteiger partial charge in [0.1, 0.15) is 0 Å². The summed E-state index contributed by atoms with van der Waals surface area (Å²) in [6.07, 6.45) is -1.52. The smallest absolute Gasteiger partial charge is 0.440 e. The zero-order valence-corrected chi connectivity index (χ0v) is 5.40. The normalized spacial score (nSPS) is 8.90. The van der Waals surface area contributed by atoms with Crippen molar-refractivity contribution in [3.05, 3.63) is 0 Å². The predicted molar refractivity (Wildman–Crippen MR) is 31.1 cm³/mol. The summed E-state index contributed by atoms with van der Waals surface area (Å²) in [7, 11) is 0. The number of urea groups is 1. The number of primary amides is 1. The summed E-state index contributed by atoms with van der Waals surface area (Å²) in [6.45, 7) is 1.62. The van der Waals surface area contributed by atoms with Gasteiger partial charge in [-0.25, -0.2) is 9.59 Å². The molecule has 0 bridgehead atoms. The van der Waals surface area contributed by atoms with Crippen LogP contribution in [-0.2, 0) is 4.84 Å². The largest absolute Gasteiger partial charge is 0.463 e. The molecule has 0 heterocycles. The lowest BCUT2D eigenvalue weighted by Crippen LogP contribution is -2.39. The molecule has 0 aromatic carbocycles. The molecular weight excluding hydrogens is 140 g/mol. The van der Waals surface area contributed by atoms with Crippen molar-refractivity contribution in [3.8, 4) is 0 Å². The van der Waals surface area contributed by atoms with Crippen molar-refractivity contribution < 1.29 is 19.5 Å². The molecule has 0 aliphatic heterocycles. The molecule has 58 valence electrons. The number of carboxylic acid groups (broad SMARTS) is 1. The summed E-state index contributed by atoms with van der Waals surface area (Å²) in [5.41, 5.74) is 4.60. The minimum atomic E-state index is -1.52. The van der Waals surface area contributed by atoms with E-state index in [2.05, 4.69) is 10.6 Å². The summed E-state index contributed by atoms with van der Waals surface area (Å²) in [5, 5.41) is 8.24. The van der Waals surface area contributed by atoms with Gasteiger partial charge in [-0.05, 0) is 6.92 Å². The third kappa shape index (κ3) is 2.31.